The van der Waals surface area contributed by atoms with Crippen molar-refractivity contribution >= 4 is 17.3 Å². The Bertz CT molecular complexity index is 517. The van der Waals surface area contributed by atoms with E-state index in [-0.39, 0.29) is 0 Å². The summed E-state index contributed by atoms with van der Waals surface area (Å²) in [6, 6.07) is 4.02. The van der Waals surface area contributed by atoms with Gasteiger partial charge in [-0.3, -0.25) is 0 Å². The summed E-state index contributed by atoms with van der Waals surface area (Å²) in [4.78, 5) is 4.53. The van der Waals surface area contributed by atoms with Gasteiger partial charge in [0.15, 0.2) is 0 Å². The minimum Gasteiger partial charge on any atom is -0.497 e. The fourth-order valence-electron chi connectivity index (χ4n) is 2.32. The van der Waals surface area contributed by atoms with Crippen molar-refractivity contribution in [2.75, 3.05) is 18.6 Å². The second-order valence-corrected chi connectivity index (χ2v) is 5.62. The van der Waals surface area contributed by atoms with E-state index in [0.717, 1.165) is 23.6 Å². The quantitative estimate of drug-likeness (QED) is 0.835. The number of rotatable bonds is 3. The summed E-state index contributed by atoms with van der Waals surface area (Å²) in [5.41, 5.74) is 1.12. The molecule has 1 aliphatic heterocycles. The molecule has 4 heteroatoms. The van der Waals surface area contributed by atoms with Gasteiger partial charge in [0.05, 0.1) is 18.8 Å². The van der Waals surface area contributed by atoms with Crippen molar-refractivity contribution in [2.45, 2.75) is 12.8 Å². The van der Waals surface area contributed by atoms with E-state index in [2.05, 4.69) is 27.3 Å². The highest BCUT2D eigenvalue weighted by Gasteiger charge is 2.18. The Balaban J connectivity index is 1.89. The third-order valence-electron chi connectivity index (χ3n) is 3.31. The number of methoxy groups -OCH3 is 1. The first-order valence-corrected chi connectivity index (χ1v) is 7.10. The summed E-state index contributed by atoms with van der Waals surface area (Å²) >= 11 is 2.06. The van der Waals surface area contributed by atoms with Crippen LogP contribution in [-0.4, -0.2) is 28.0 Å². The number of pyridine rings is 1. The summed E-state index contributed by atoms with van der Waals surface area (Å²) in [5.74, 6) is 5.45. The highest BCUT2D eigenvalue weighted by molar-refractivity contribution is 7.99. The fraction of sp³-hybridized carbons (Fsp3) is 0.462. The Morgan fingerprint density at radius 1 is 1.59 bits per heavy atom. The average molecular weight is 248 g/mol. The monoisotopic (exact) mass is 248 g/mol. The summed E-state index contributed by atoms with van der Waals surface area (Å²) in [5, 5.41) is 0. The number of thioether (sulfide) groups is 1. The SMILES string of the molecule is COc1ccn2c(CC3CCSC3)ncc2c1. The molecule has 0 aliphatic carbocycles. The van der Waals surface area contributed by atoms with Crippen molar-refractivity contribution in [2.24, 2.45) is 5.92 Å². The first-order valence-electron chi connectivity index (χ1n) is 5.94. The molecule has 2 aromatic rings. The predicted octanol–water partition coefficient (Wildman–Crippen LogP) is 2.64. The van der Waals surface area contributed by atoms with Crippen LogP contribution in [0.1, 0.15) is 12.2 Å². The Morgan fingerprint density at radius 2 is 2.53 bits per heavy atom. The van der Waals surface area contributed by atoms with Gasteiger partial charge >= 0.3 is 0 Å². The second-order valence-electron chi connectivity index (χ2n) is 4.47. The van der Waals surface area contributed by atoms with E-state index in [4.69, 9.17) is 4.74 Å². The molecule has 17 heavy (non-hydrogen) atoms. The molecule has 0 saturated carbocycles. The van der Waals surface area contributed by atoms with Crippen LogP contribution < -0.4 is 4.74 Å². The molecule has 1 unspecified atom stereocenters. The molecule has 0 aromatic carbocycles. The molecule has 1 aliphatic rings. The number of imidazole rings is 1. The maximum Gasteiger partial charge on any atom is 0.122 e. The normalized spacial score (nSPS) is 19.9. The van der Waals surface area contributed by atoms with Crippen LogP contribution in [-0.2, 0) is 6.42 Å². The van der Waals surface area contributed by atoms with Gasteiger partial charge in [-0.05, 0) is 29.9 Å². The summed E-state index contributed by atoms with van der Waals surface area (Å²) in [7, 11) is 1.69. The van der Waals surface area contributed by atoms with E-state index in [9.17, 15) is 0 Å². The molecule has 1 atom stereocenters. The van der Waals surface area contributed by atoms with Gasteiger partial charge in [0.25, 0.3) is 0 Å². The van der Waals surface area contributed by atoms with E-state index >= 15 is 0 Å². The standard InChI is InChI=1S/C13H16N2OS/c1-16-12-2-4-15-11(7-12)8-14-13(15)6-10-3-5-17-9-10/h2,4,7-8,10H,3,5-6,9H2,1H3. The fourth-order valence-corrected chi connectivity index (χ4v) is 3.60. The molecule has 2 aromatic heterocycles. The molecule has 90 valence electrons. The third-order valence-corrected chi connectivity index (χ3v) is 4.54. The number of hydrogen-bond donors (Lipinski definition) is 0. The van der Waals surface area contributed by atoms with Crippen LogP contribution in [0.2, 0.25) is 0 Å². The van der Waals surface area contributed by atoms with E-state index in [1.165, 1.54) is 23.8 Å². The lowest BCUT2D eigenvalue weighted by Crippen LogP contribution is -2.06. The summed E-state index contributed by atoms with van der Waals surface area (Å²) in [6.45, 7) is 0. The Kier molecular flexibility index (Phi) is 2.97. The smallest absolute Gasteiger partial charge is 0.122 e. The van der Waals surface area contributed by atoms with Crippen LogP contribution in [0.25, 0.3) is 5.52 Å². The Labute approximate surface area is 105 Å². The zero-order valence-electron chi connectivity index (χ0n) is 9.93. The highest BCUT2D eigenvalue weighted by Crippen LogP contribution is 2.26. The highest BCUT2D eigenvalue weighted by atomic mass is 32.2. The number of fused-ring (bicyclic) bond motifs is 1. The van der Waals surface area contributed by atoms with Crippen molar-refractivity contribution in [1.82, 2.24) is 9.38 Å². The first kappa shape index (κ1) is 11.0. The Morgan fingerprint density at radius 3 is 3.29 bits per heavy atom. The van der Waals surface area contributed by atoms with Crippen molar-refractivity contribution in [3.05, 3.63) is 30.4 Å². The van der Waals surface area contributed by atoms with Gasteiger partial charge in [-0.2, -0.15) is 11.8 Å². The van der Waals surface area contributed by atoms with Gasteiger partial charge < -0.3 is 9.14 Å². The average Bonchev–Trinajstić information content (AvgIpc) is 2.99. The van der Waals surface area contributed by atoms with Gasteiger partial charge in [-0.25, -0.2) is 4.98 Å². The van der Waals surface area contributed by atoms with Crippen LogP contribution >= 0.6 is 11.8 Å². The van der Waals surface area contributed by atoms with Gasteiger partial charge in [0.1, 0.15) is 11.6 Å². The molecule has 3 heterocycles. The van der Waals surface area contributed by atoms with Crippen molar-refractivity contribution < 1.29 is 4.74 Å². The number of nitrogens with zero attached hydrogens (tertiary/aromatic N) is 2. The van der Waals surface area contributed by atoms with E-state index in [1.807, 2.05) is 18.3 Å². The molecule has 1 fully saturated rings. The van der Waals surface area contributed by atoms with Gasteiger partial charge in [0.2, 0.25) is 0 Å². The summed E-state index contributed by atoms with van der Waals surface area (Å²) in [6.07, 6.45) is 6.40. The lowest BCUT2D eigenvalue weighted by molar-refractivity contribution is 0.414. The van der Waals surface area contributed by atoms with Gasteiger partial charge in [-0.1, -0.05) is 0 Å². The molecule has 0 spiro atoms. The van der Waals surface area contributed by atoms with Crippen molar-refractivity contribution in [3.8, 4) is 5.75 Å². The molecule has 0 radical (unpaired) electrons. The Hall–Kier alpha value is -1.16. The zero-order valence-corrected chi connectivity index (χ0v) is 10.7. The first-order chi connectivity index (χ1) is 8.36. The molecular weight excluding hydrogens is 232 g/mol. The molecule has 3 nitrogen and oxygen atoms in total. The molecule has 3 rings (SSSR count). The van der Waals surface area contributed by atoms with E-state index in [1.54, 1.807) is 7.11 Å². The van der Waals surface area contributed by atoms with Crippen LogP contribution in [0, 0.1) is 5.92 Å². The van der Waals surface area contributed by atoms with Crippen LogP contribution in [0.4, 0.5) is 0 Å². The van der Waals surface area contributed by atoms with E-state index in [0.29, 0.717) is 0 Å². The van der Waals surface area contributed by atoms with Gasteiger partial charge in [-0.15, -0.1) is 0 Å². The van der Waals surface area contributed by atoms with E-state index < -0.39 is 0 Å². The van der Waals surface area contributed by atoms with Crippen molar-refractivity contribution in [3.63, 3.8) is 0 Å². The predicted molar refractivity (Wildman–Crippen MR) is 70.9 cm³/mol. The lowest BCUT2D eigenvalue weighted by atomic mass is 10.1. The number of aromatic nitrogens is 2. The minimum atomic E-state index is 0.799. The van der Waals surface area contributed by atoms with Gasteiger partial charge in [0, 0.05) is 18.7 Å². The maximum absolute atomic E-state index is 5.22. The largest absolute Gasteiger partial charge is 0.497 e. The van der Waals surface area contributed by atoms with Crippen molar-refractivity contribution in [1.29, 1.82) is 0 Å². The van der Waals surface area contributed by atoms with Crippen LogP contribution in [0.5, 0.6) is 5.75 Å². The zero-order chi connectivity index (χ0) is 11.7. The molecule has 1 saturated heterocycles. The summed E-state index contributed by atoms with van der Waals surface area (Å²) < 4.78 is 7.39. The second kappa shape index (κ2) is 4.61. The minimum absolute atomic E-state index is 0.799. The molecule has 0 N–H and O–H groups in total. The topological polar surface area (TPSA) is 26.5 Å². The number of hydrogen-bond acceptors (Lipinski definition) is 3. The third kappa shape index (κ3) is 2.14. The number of ether oxygens (including phenoxy) is 1. The van der Waals surface area contributed by atoms with Crippen LogP contribution in [0.15, 0.2) is 24.5 Å². The molecule has 0 bridgehead atoms. The lowest BCUT2D eigenvalue weighted by Gasteiger charge is -2.07. The molecule has 0 amide bonds. The maximum atomic E-state index is 5.22. The van der Waals surface area contributed by atoms with Crippen LogP contribution in [0.3, 0.4) is 0 Å². The molecular formula is C13H16N2OS.